The highest BCUT2D eigenvalue weighted by Gasteiger charge is 2.06. The fraction of sp³-hybridized carbons (Fsp3) is 0.680. The Bertz CT molecular complexity index is 541. The zero-order chi connectivity index (χ0) is 21.0. The van der Waals surface area contributed by atoms with Crippen LogP contribution in [0.25, 0.3) is 0 Å². The van der Waals surface area contributed by atoms with E-state index in [1.807, 2.05) is 0 Å². The van der Waals surface area contributed by atoms with Gasteiger partial charge in [0, 0.05) is 12.5 Å². The van der Waals surface area contributed by atoms with Gasteiger partial charge in [-0.05, 0) is 18.6 Å². The Labute approximate surface area is 177 Å². The molecule has 164 valence electrons. The van der Waals surface area contributed by atoms with E-state index in [0.29, 0.717) is 24.4 Å². The summed E-state index contributed by atoms with van der Waals surface area (Å²) in [6.07, 6.45) is 20.0. The van der Waals surface area contributed by atoms with E-state index in [1.165, 1.54) is 83.5 Å². The van der Waals surface area contributed by atoms with Crippen LogP contribution in [0.3, 0.4) is 0 Å². The highest BCUT2D eigenvalue weighted by molar-refractivity contribution is 5.72. The van der Waals surface area contributed by atoms with Crippen LogP contribution in [0.5, 0.6) is 11.5 Å². The smallest absolute Gasteiger partial charge is 0.311 e. The molecule has 0 aliphatic heterocycles. The van der Waals surface area contributed by atoms with Gasteiger partial charge in [-0.3, -0.25) is 9.59 Å². The van der Waals surface area contributed by atoms with Crippen molar-refractivity contribution in [1.29, 1.82) is 0 Å². The Morgan fingerprint density at radius 1 is 0.759 bits per heavy atom. The zero-order valence-corrected chi connectivity index (χ0v) is 18.3. The van der Waals surface area contributed by atoms with Gasteiger partial charge in [-0.1, -0.05) is 103 Å². The third-order valence-corrected chi connectivity index (χ3v) is 5.21. The van der Waals surface area contributed by atoms with E-state index < -0.39 is 0 Å². The van der Waals surface area contributed by atoms with Crippen LogP contribution >= 0.6 is 0 Å². The van der Waals surface area contributed by atoms with Crippen LogP contribution in [-0.2, 0) is 9.59 Å². The van der Waals surface area contributed by atoms with Crippen LogP contribution < -0.4 is 9.47 Å². The summed E-state index contributed by atoms with van der Waals surface area (Å²) in [6.45, 7) is 2.63. The lowest BCUT2D eigenvalue weighted by Crippen LogP contribution is -2.07. The molecule has 1 rings (SSSR count). The van der Waals surface area contributed by atoms with Gasteiger partial charge < -0.3 is 9.47 Å². The molecule has 0 fully saturated rings. The second kappa shape index (κ2) is 18.2. The molecule has 0 aliphatic carbocycles. The van der Waals surface area contributed by atoms with Gasteiger partial charge in [-0.15, -0.1) is 0 Å². The Hall–Kier alpha value is -1.84. The quantitative estimate of drug-likeness (QED) is 0.104. The number of carbonyl (C=O) groups is 2. The van der Waals surface area contributed by atoms with Gasteiger partial charge >= 0.3 is 5.97 Å². The van der Waals surface area contributed by atoms with E-state index in [0.717, 1.165) is 12.8 Å². The minimum atomic E-state index is -0.233. The molecule has 4 nitrogen and oxygen atoms in total. The van der Waals surface area contributed by atoms with E-state index in [2.05, 4.69) is 6.92 Å². The minimum Gasteiger partial charge on any atom is -0.429 e. The molecular weight excluding hydrogens is 364 g/mol. The Morgan fingerprint density at radius 3 is 1.76 bits per heavy atom. The molecule has 0 aromatic heterocycles. The van der Waals surface area contributed by atoms with Gasteiger partial charge in [-0.2, -0.15) is 0 Å². The Morgan fingerprint density at radius 2 is 1.24 bits per heavy atom. The fourth-order valence-electron chi connectivity index (χ4n) is 3.49. The van der Waals surface area contributed by atoms with Crippen molar-refractivity contribution in [3.8, 4) is 11.5 Å². The Balaban J connectivity index is 1.89. The van der Waals surface area contributed by atoms with Crippen LogP contribution in [0.1, 0.15) is 110 Å². The molecule has 0 saturated carbocycles. The van der Waals surface area contributed by atoms with Crippen LogP contribution in [0, 0.1) is 0 Å². The normalized spacial score (nSPS) is 10.7. The van der Waals surface area contributed by atoms with Gasteiger partial charge in [0.15, 0.2) is 0 Å². The summed E-state index contributed by atoms with van der Waals surface area (Å²) in [4.78, 5) is 22.2. The van der Waals surface area contributed by atoms with Crippen molar-refractivity contribution >= 4 is 12.4 Å². The van der Waals surface area contributed by atoms with Crippen molar-refractivity contribution in [3.05, 3.63) is 24.3 Å². The number of hydrogen-bond acceptors (Lipinski definition) is 4. The predicted molar refractivity (Wildman–Crippen MR) is 118 cm³/mol. The number of benzene rings is 1. The van der Waals surface area contributed by atoms with Gasteiger partial charge in [0.05, 0.1) is 0 Å². The number of carbonyl (C=O) groups excluding carboxylic acids is 2. The predicted octanol–water partition coefficient (Wildman–Crippen LogP) is 7.39. The van der Waals surface area contributed by atoms with Crippen LogP contribution in [-0.4, -0.2) is 12.4 Å². The maximum absolute atomic E-state index is 11.9. The molecule has 0 radical (unpaired) electrons. The second-order valence-corrected chi connectivity index (χ2v) is 7.86. The third kappa shape index (κ3) is 14.8. The summed E-state index contributed by atoms with van der Waals surface area (Å²) < 4.78 is 10.0. The number of esters is 1. The molecule has 0 atom stereocenters. The molecule has 0 saturated heterocycles. The van der Waals surface area contributed by atoms with Gasteiger partial charge in [-0.25, -0.2) is 0 Å². The highest BCUT2D eigenvalue weighted by Crippen LogP contribution is 2.20. The summed E-state index contributed by atoms with van der Waals surface area (Å²) in [5.74, 6) is 0.551. The molecule has 0 aliphatic rings. The average molecular weight is 405 g/mol. The van der Waals surface area contributed by atoms with Crippen molar-refractivity contribution in [2.45, 2.75) is 110 Å². The van der Waals surface area contributed by atoms with E-state index in [4.69, 9.17) is 9.47 Å². The monoisotopic (exact) mass is 404 g/mol. The van der Waals surface area contributed by atoms with Crippen molar-refractivity contribution < 1.29 is 19.1 Å². The van der Waals surface area contributed by atoms with Gasteiger partial charge in [0.1, 0.15) is 11.5 Å². The number of unbranched alkanes of at least 4 members (excludes halogenated alkanes) is 14. The molecular formula is C25H40O4. The van der Waals surface area contributed by atoms with Crippen molar-refractivity contribution in [3.63, 3.8) is 0 Å². The largest absolute Gasteiger partial charge is 0.429 e. The lowest BCUT2D eigenvalue weighted by molar-refractivity contribution is -0.134. The molecule has 1 aromatic rings. The molecule has 0 amide bonds. The first-order valence-electron chi connectivity index (χ1n) is 11.7. The highest BCUT2D eigenvalue weighted by atomic mass is 16.5. The molecule has 0 spiro atoms. The zero-order valence-electron chi connectivity index (χ0n) is 18.3. The molecule has 29 heavy (non-hydrogen) atoms. The average Bonchev–Trinajstić information content (AvgIpc) is 2.71. The first-order valence-corrected chi connectivity index (χ1v) is 11.7. The topological polar surface area (TPSA) is 52.6 Å². The summed E-state index contributed by atoms with van der Waals surface area (Å²) in [6, 6.07) is 6.55. The molecule has 1 aromatic carbocycles. The van der Waals surface area contributed by atoms with Gasteiger partial charge in [0.2, 0.25) is 0 Å². The van der Waals surface area contributed by atoms with E-state index >= 15 is 0 Å². The number of ether oxygens (including phenoxy) is 2. The fourth-order valence-corrected chi connectivity index (χ4v) is 3.49. The standard InChI is InChI=1S/C25H40O4/c1-2-3-4-5-6-7-8-9-10-11-12-13-14-15-16-20-25(27)29-24-19-17-18-23(21-24)28-22-26/h17-19,21-22H,2-16,20H2,1H3. The summed E-state index contributed by atoms with van der Waals surface area (Å²) >= 11 is 0. The summed E-state index contributed by atoms with van der Waals surface area (Å²) in [5.41, 5.74) is 0. The van der Waals surface area contributed by atoms with Crippen molar-refractivity contribution in [2.75, 3.05) is 0 Å². The number of hydrogen-bond donors (Lipinski definition) is 0. The lowest BCUT2D eigenvalue weighted by Gasteiger charge is -2.06. The van der Waals surface area contributed by atoms with Gasteiger partial charge in [0.25, 0.3) is 6.47 Å². The van der Waals surface area contributed by atoms with Crippen LogP contribution in [0.4, 0.5) is 0 Å². The van der Waals surface area contributed by atoms with E-state index in [1.54, 1.807) is 24.3 Å². The maximum Gasteiger partial charge on any atom is 0.311 e. The molecule has 4 heteroatoms. The van der Waals surface area contributed by atoms with Crippen LogP contribution in [0.15, 0.2) is 24.3 Å². The molecule has 0 N–H and O–H groups in total. The lowest BCUT2D eigenvalue weighted by atomic mass is 10.0. The van der Waals surface area contributed by atoms with Crippen molar-refractivity contribution in [2.24, 2.45) is 0 Å². The molecule has 0 heterocycles. The summed E-state index contributed by atoms with van der Waals surface area (Å²) in [5, 5.41) is 0. The van der Waals surface area contributed by atoms with Crippen LogP contribution in [0.2, 0.25) is 0 Å². The first-order chi connectivity index (χ1) is 14.3. The van der Waals surface area contributed by atoms with Crippen molar-refractivity contribution in [1.82, 2.24) is 0 Å². The SMILES string of the molecule is CCCCCCCCCCCCCCCCCC(=O)Oc1cccc(OC=O)c1. The first kappa shape index (κ1) is 25.2. The minimum absolute atomic E-state index is 0.233. The summed E-state index contributed by atoms with van der Waals surface area (Å²) in [7, 11) is 0. The molecule has 0 unspecified atom stereocenters. The Kier molecular flexibility index (Phi) is 15.8. The van der Waals surface area contributed by atoms with E-state index in [-0.39, 0.29) is 5.97 Å². The molecule has 0 bridgehead atoms. The third-order valence-electron chi connectivity index (χ3n) is 5.21. The maximum atomic E-state index is 11.9. The second-order valence-electron chi connectivity index (χ2n) is 7.86. The van der Waals surface area contributed by atoms with E-state index in [9.17, 15) is 9.59 Å². The number of rotatable bonds is 19.